The van der Waals surface area contributed by atoms with Gasteiger partial charge in [-0.05, 0) is 0 Å². The molecule has 1 aliphatic rings. The molecule has 0 spiro atoms. The third kappa shape index (κ3) is 3.96. The molecular weight excluding hydrogens is 377 g/mol. The molecule has 0 radical (unpaired) electrons. The molecule has 2 heterocycles. The first-order chi connectivity index (χ1) is 10.8. The number of aliphatic carboxylic acids is 1. The van der Waals surface area contributed by atoms with Crippen LogP contribution in [0.1, 0.15) is 11.8 Å². The number of hydrogen-bond donors (Lipinski definition) is 6. The van der Waals surface area contributed by atoms with E-state index in [-0.39, 0.29) is 23.0 Å². The number of rotatable bonds is 6. The molecule has 6 N–H and O–H groups in total. The van der Waals surface area contributed by atoms with E-state index in [0.717, 1.165) is 0 Å². The average Bonchev–Trinajstić information content (AvgIpc) is 2.77. The minimum atomic E-state index is -1.30. The van der Waals surface area contributed by atoms with Crippen LogP contribution < -0.4 is 10.9 Å². The summed E-state index contributed by atoms with van der Waals surface area (Å²) in [7, 11) is 0. The summed E-state index contributed by atoms with van der Waals surface area (Å²) in [5.74, 6) is -1.06. The Morgan fingerprint density at radius 3 is 2.70 bits per heavy atom. The van der Waals surface area contributed by atoms with Crippen LogP contribution in [-0.4, -0.2) is 83.0 Å². The van der Waals surface area contributed by atoms with Gasteiger partial charge < -0.3 is 0 Å². The third-order valence-corrected chi connectivity index (χ3v) is 4.08. The molecule has 1 saturated heterocycles. The summed E-state index contributed by atoms with van der Waals surface area (Å²) >= 11 is 2.62. The zero-order valence-corrected chi connectivity index (χ0v) is 13.6. The van der Waals surface area contributed by atoms with Gasteiger partial charge in [0.1, 0.15) is 0 Å². The van der Waals surface area contributed by atoms with Crippen LogP contribution in [0.4, 0.5) is 0 Å². The average molecular weight is 394 g/mol. The van der Waals surface area contributed by atoms with Crippen molar-refractivity contribution in [3.63, 3.8) is 0 Å². The van der Waals surface area contributed by atoms with Gasteiger partial charge in [0.25, 0.3) is 0 Å². The Hall–Kier alpha value is -1.33. The molecule has 11 heteroatoms. The van der Waals surface area contributed by atoms with E-state index < -0.39 is 42.7 Å². The normalized spacial score (nSPS) is 27.3. The second kappa shape index (κ2) is 7.49. The van der Waals surface area contributed by atoms with Crippen LogP contribution in [0.5, 0.6) is 0 Å². The number of hydrogen-bond acceptors (Lipinski definition) is 7. The Balaban J connectivity index is 2.27. The fraction of sp³-hybridized carbons (Fsp3) is 0.583. The summed E-state index contributed by atoms with van der Waals surface area (Å²) in [4.78, 5) is 24.9. The predicted octanol–water partition coefficient (Wildman–Crippen LogP) is -3.34. The van der Waals surface area contributed by atoms with E-state index in [1.807, 2.05) is 0 Å². The number of aromatic amines is 1. The van der Waals surface area contributed by atoms with Crippen LogP contribution in [0.15, 0.2) is 11.0 Å². The van der Waals surface area contributed by atoms with Crippen molar-refractivity contribution in [2.45, 2.75) is 31.1 Å². The van der Waals surface area contributed by atoms with E-state index in [2.05, 4.69) is 25.9 Å². The number of carboxylic acids is 1. The van der Waals surface area contributed by atoms with Crippen molar-refractivity contribution in [2.24, 2.45) is 0 Å². The Morgan fingerprint density at radius 1 is 1.43 bits per heavy atom. The van der Waals surface area contributed by atoms with Crippen LogP contribution in [0, 0.1) is 4.32 Å². The van der Waals surface area contributed by atoms with E-state index >= 15 is 0 Å². The summed E-state index contributed by atoms with van der Waals surface area (Å²) in [5, 5.41) is 40.1. The van der Waals surface area contributed by atoms with Crippen molar-refractivity contribution in [1.29, 1.82) is 0 Å². The Kier molecular flexibility index (Phi) is 5.87. The van der Waals surface area contributed by atoms with Crippen molar-refractivity contribution in [3.05, 3.63) is 26.4 Å². The van der Waals surface area contributed by atoms with E-state index in [0.29, 0.717) is 0 Å². The summed E-state index contributed by atoms with van der Waals surface area (Å²) in [6, 6.07) is 0. The zero-order valence-electron chi connectivity index (χ0n) is 11.9. The van der Waals surface area contributed by atoms with Crippen LogP contribution in [0.25, 0.3) is 0 Å². The van der Waals surface area contributed by atoms with Gasteiger partial charge in [-0.25, -0.2) is 0 Å². The van der Waals surface area contributed by atoms with Crippen LogP contribution in [0.2, 0.25) is 0 Å². The Morgan fingerprint density at radius 2 is 2.13 bits per heavy atom. The standard InChI is InChI=1S/C12H17N3O7Se/c16-4-6-8(19)9(20)11(22-6)15-3-5(1-13-2-7(17)18)10(21)14-12(15)23/h3,6,8-9,11,13,16,19-20H,1-2,4H2,(H,17,18)(H,14,21,23)/t6-,8-,9-,11-/m1/s1. The zero-order chi connectivity index (χ0) is 17.1. The first-order valence-electron chi connectivity index (χ1n) is 6.74. The molecule has 1 fully saturated rings. The summed E-state index contributed by atoms with van der Waals surface area (Å²) in [6.07, 6.45) is -3.12. The minimum absolute atomic E-state index is 0.00326. The van der Waals surface area contributed by atoms with Gasteiger partial charge in [-0.1, -0.05) is 0 Å². The number of aliphatic hydroxyl groups excluding tert-OH is 3. The van der Waals surface area contributed by atoms with Crippen molar-refractivity contribution in [3.8, 4) is 0 Å². The van der Waals surface area contributed by atoms with Gasteiger partial charge >= 0.3 is 137 Å². The Bertz CT molecular complexity index is 688. The fourth-order valence-corrected chi connectivity index (χ4v) is 2.78. The number of nitrogens with zero attached hydrogens (tertiary/aromatic N) is 1. The molecular formula is C12H17N3O7Se. The van der Waals surface area contributed by atoms with Crippen LogP contribution >= 0.6 is 0 Å². The number of carboxylic acid groups (broad SMARTS) is 1. The van der Waals surface area contributed by atoms with Gasteiger partial charge in [0.15, 0.2) is 0 Å². The number of carbonyl (C=O) groups is 1. The molecule has 0 bridgehead atoms. The predicted molar refractivity (Wildman–Crippen MR) is 76.4 cm³/mol. The molecule has 0 saturated carbocycles. The van der Waals surface area contributed by atoms with Crippen molar-refractivity contribution >= 4 is 21.5 Å². The van der Waals surface area contributed by atoms with Crippen molar-refractivity contribution in [2.75, 3.05) is 13.2 Å². The molecule has 128 valence electrons. The Labute approximate surface area is 137 Å². The molecule has 1 aromatic heterocycles. The molecule has 4 atom stereocenters. The molecule has 23 heavy (non-hydrogen) atoms. The maximum atomic E-state index is 11.9. The first-order valence-corrected chi connectivity index (χ1v) is 7.60. The van der Waals surface area contributed by atoms with Crippen LogP contribution in [0.3, 0.4) is 0 Å². The number of ether oxygens (including phenoxy) is 1. The summed E-state index contributed by atoms with van der Waals surface area (Å²) < 4.78 is 7.03. The van der Waals surface area contributed by atoms with Gasteiger partial charge in [-0.2, -0.15) is 0 Å². The van der Waals surface area contributed by atoms with Crippen LogP contribution in [-0.2, 0) is 16.1 Å². The van der Waals surface area contributed by atoms with E-state index in [1.54, 1.807) is 0 Å². The van der Waals surface area contributed by atoms with Gasteiger partial charge in [-0.15, -0.1) is 0 Å². The number of aromatic nitrogens is 2. The van der Waals surface area contributed by atoms with E-state index in [1.165, 1.54) is 10.8 Å². The number of H-pyrrole nitrogens is 1. The van der Waals surface area contributed by atoms with Gasteiger partial charge in [0.2, 0.25) is 0 Å². The fourth-order valence-electron chi connectivity index (χ4n) is 2.26. The van der Waals surface area contributed by atoms with Gasteiger partial charge in [-0.3, -0.25) is 0 Å². The van der Waals surface area contributed by atoms with E-state index in [4.69, 9.17) is 14.9 Å². The molecule has 1 aliphatic heterocycles. The molecule has 2 rings (SSSR count). The number of aliphatic hydroxyl groups is 3. The van der Waals surface area contributed by atoms with Gasteiger partial charge in [0.05, 0.1) is 0 Å². The molecule has 0 aliphatic carbocycles. The number of nitrogens with one attached hydrogen (secondary N) is 2. The topological polar surface area (TPSA) is 157 Å². The maximum absolute atomic E-state index is 11.9. The van der Waals surface area contributed by atoms with Crippen molar-refractivity contribution < 1.29 is 30.0 Å². The molecule has 0 unspecified atom stereocenters. The summed E-state index contributed by atoms with van der Waals surface area (Å²) in [5.41, 5.74) is -0.206. The van der Waals surface area contributed by atoms with Gasteiger partial charge in [0, 0.05) is 0 Å². The first kappa shape index (κ1) is 18.0. The second-order valence-corrected chi connectivity index (χ2v) is 5.86. The molecule has 10 nitrogen and oxygen atoms in total. The van der Waals surface area contributed by atoms with Crippen molar-refractivity contribution in [1.82, 2.24) is 14.9 Å². The second-order valence-electron chi connectivity index (χ2n) is 5.05. The SMILES string of the molecule is O=C(O)CNCc1cn([C@@H]2O[C@H](CO)[C@@H](O)[C@H]2O)c(=[Se])[nH]c1=O. The monoisotopic (exact) mass is 395 g/mol. The third-order valence-electron chi connectivity index (χ3n) is 3.42. The molecule has 1 aromatic rings. The molecule has 0 aromatic carbocycles. The quantitative estimate of drug-likeness (QED) is 0.274. The van der Waals surface area contributed by atoms with E-state index in [9.17, 15) is 19.8 Å². The molecule has 0 amide bonds. The summed E-state index contributed by atoms with van der Waals surface area (Å²) in [6.45, 7) is -0.779.